The van der Waals surface area contributed by atoms with Gasteiger partial charge in [0.25, 0.3) is 0 Å². The lowest BCUT2D eigenvalue weighted by Crippen LogP contribution is -2.41. The summed E-state index contributed by atoms with van der Waals surface area (Å²) in [5, 5.41) is 6.94. The minimum atomic E-state index is 0.254. The van der Waals surface area contributed by atoms with Gasteiger partial charge in [-0.2, -0.15) is 0 Å². The van der Waals surface area contributed by atoms with Gasteiger partial charge in [0, 0.05) is 30.9 Å². The molecule has 0 aromatic carbocycles. The molecule has 4 fully saturated rings. The highest BCUT2D eigenvalue weighted by Gasteiger charge is 2.63. The van der Waals surface area contributed by atoms with Crippen molar-refractivity contribution in [2.75, 3.05) is 26.2 Å². The van der Waals surface area contributed by atoms with Crippen molar-refractivity contribution in [3.63, 3.8) is 0 Å². The molecule has 6 heteroatoms. The molecule has 1 aromatic rings. The number of amides is 1. The standard InChI is InChI=1S/C21H33N5O/c1-2-25-12-11-24-18(25)15-26(17-14-21(17)5-9-23-10-6-21)19(27)16-13-20(16)3-7-22-8-4-20/h11-12,16-17,22-23H,2-10,13-15H2,1H3/t16-,17+/m0/s1. The number of aromatic nitrogens is 2. The van der Waals surface area contributed by atoms with Crippen molar-refractivity contribution in [3.05, 3.63) is 18.2 Å². The van der Waals surface area contributed by atoms with Gasteiger partial charge in [-0.05, 0) is 82.5 Å². The molecule has 2 aliphatic carbocycles. The minimum Gasteiger partial charge on any atom is -0.334 e. The van der Waals surface area contributed by atoms with Gasteiger partial charge in [0.2, 0.25) is 5.91 Å². The molecule has 0 bridgehead atoms. The molecule has 1 amide bonds. The van der Waals surface area contributed by atoms with Crippen molar-refractivity contribution in [2.45, 2.75) is 64.6 Å². The number of imidazole rings is 1. The molecule has 0 unspecified atom stereocenters. The predicted molar refractivity (Wildman–Crippen MR) is 104 cm³/mol. The molecular weight excluding hydrogens is 338 g/mol. The molecule has 148 valence electrons. The van der Waals surface area contributed by atoms with Crippen LogP contribution < -0.4 is 10.6 Å². The van der Waals surface area contributed by atoms with E-state index in [-0.39, 0.29) is 5.92 Å². The number of hydrogen-bond acceptors (Lipinski definition) is 4. The number of rotatable bonds is 5. The lowest BCUT2D eigenvalue weighted by atomic mass is 9.91. The summed E-state index contributed by atoms with van der Waals surface area (Å²) in [6, 6.07) is 0.425. The molecule has 5 rings (SSSR count). The molecule has 6 nitrogen and oxygen atoms in total. The molecule has 0 radical (unpaired) electrons. The highest BCUT2D eigenvalue weighted by molar-refractivity contribution is 5.83. The molecule has 2 saturated heterocycles. The fourth-order valence-corrected chi connectivity index (χ4v) is 5.88. The summed E-state index contributed by atoms with van der Waals surface area (Å²) in [4.78, 5) is 20.5. The zero-order chi connectivity index (χ0) is 18.5. The lowest BCUT2D eigenvalue weighted by Gasteiger charge is -2.31. The number of hydrogen-bond donors (Lipinski definition) is 2. The molecule has 1 aromatic heterocycles. The maximum atomic E-state index is 13.7. The minimum absolute atomic E-state index is 0.254. The first-order valence-electron chi connectivity index (χ1n) is 10.9. The largest absolute Gasteiger partial charge is 0.334 e. The normalized spacial score (nSPS) is 30.4. The van der Waals surface area contributed by atoms with Crippen molar-refractivity contribution in [1.82, 2.24) is 25.1 Å². The van der Waals surface area contributed by atoms with Crippen LogP contribution in [0.5, 0.6) is 0 Å². The number of carbonyl (C=O) groups is 1. The molecule has 4 aliphatic rings. The zero-order valence-corrected chi connectivity index (χ0v) is 16.5. The van der Waals surface area contributed by atoms with Crippen molar-refractivity contribution < 1.29 is 4.79 Å². The van der Waals surface area contributed by atoms with Crippen molar-refractivity contribution in [3.8, 4) is 0 Å². The number of nitrogens with zero attached hydrogens (tertiary/aromatic N) is 3. The third-order valence-electron chi connectivity index (χ3n) is 7.95. The average Bonchev–Trinajstić information content (AvgIpc) is 3.51. The number of nitrogens with one attached hydrogen (secondary N) is 2. The van der Waals surface area contributed by atoms with Gasteiger partial charge in [-0.25, -0.2) is 4.98 Å². The second-order valence-corrected chi connectivity index (χ2v) is 9.30. The highest BCUT2D eigenvalue weighted by Crippen LogP contribution is 2.62. The molecule has 2 N–H and O–H groups in total. The Kier molecular flexibility index (Phi) is 4.32. The van der Waals surface area contributed by atoms with Gasteiger partial charge in [-0.1, -0.05) is 0 Å². The van der Waals surface area contributed by atoms with E-state index in [9.17, 15) is 4.79 Å². The van der Waals surface area contributed by atoms with Gasteiger partial charge in [0.15, 0.2) is 0 Å². The summed E-state index contributed by atoms with van der Waals surface area (Å²) in [6.07, 6.45) is 11.0. The summed E-state index contributed by atoms with van der Waals surface area (Å²) in [6.45, 7) is 8.09. The molecule has 3 heterocycles. The second-order valence-electron chi connectivity index (χ2n) is 9.30. The molecular formula is C21H33N5O. The van der Waals surface area contributed by atoms with Crippen LogP contribution in [-0.2, 0) is 17.9 Å². The van der Waals surface area contributed by atoms with Crippen LogP contribution in [0.15, 0.2) is 12.4 Å². The molecule has 2 aliphatic heterocycles. The fraction of sp³-hybridized carbons (Fsp3) is 0.810. The Hall–Kier alpha value is -1.40. The van der Waals surface area contributed by atoms with E-state index in [1.54, 1.807) is 0 Å². The Morgan fingerprint density at radius 3 is 2.48 bits per heavy atom. The topological polar surface area (TPSA) is 62.2 Å². The van der Waals surface area contributed by atoms with Gasteiger partial charge in [0.05, 0.1) is 6.54 Å². The molecule has 2 atom stereocenters. The van der Waals surface area contributed by atoms with E-state index in [2.05, 4.69) is 32.0 Å². The van der Waals surface area contributed by atoms with E-state index in [1.807, 2.05) is 12.4 Å². The van der Waals surface area contributed by atoms with Gasteiger partial charge >= 0.3 is 0 Å². The maximum absolute atomic E-state index is 13.7. The lowest BCUT2D eigenvalue weighted by molar-refractivity contribution is -0.135. The van der Waals surface area contributed by atoms with Gasteiger partial charge in [-0.15, -0.1) is 0 Å². The zero-order valence-electron chi connectivity index (χ0n) is 16.5. The first-order chi connectivity index (χ1) is 13.2. The Morgan fingerprint density at radius 1 is 1.15 bits per heavy atom. The van der Waals surface area contributed by atoms with Crippen molar-refractivity contribution >= 4 is 5.91 Å². The van der Waals surface area contributed by atoms with E-state index < -0.39 is 0 Å². The van der Waals surface area contributed by atoms with E-state index in [0.717, 1.165) is 45.0 Å². The summed E-state index contributed by atoms with van der Waals surface area (Å²) in [7, 11) is 0. The smallest absolute Gasteiger partial charge is 0.226 e. The third kappa shape index (κ3) is 3.01. The van der Waals surface area contributed by atoms with Gasteiger partial charge in [-0.3, -0.25) is 4.79 Å². The Balaban J connectivity index is 1.36. The first kappa shape index (κ1) is 17.7. The number of aryl methyl sites for hydroxylation is 1. The summed E-state index contributed by atoms with van der Waals surface area (Å²) < 4.78 is 2.19. The number of carbonyl (C=O) groups excluding carboxylic acids is 1. The Labute approximate surface area is 162 Å². The van der Waals surface area contributed by atoms with Crippen LogP contribution in [0.4, 0.5) is 0 Å². The van der Waals surface area contributed by atoms with Crippen LogP contribution in [0.25, 0.3) is 0 Å². The highest BCUT2D eigenvalue weighted by atomic mass is 16.2. The van der Waals surface area contributed by atoms with Crippen LogP contribution in [0.2, 0.25) is 0 Å². The second kappa shape index (κ2) is 6.59. The molecule has 27 heavy (non-hydrogen) atoms. The van der Waals surface area contributed by atoms with Gasteiger partial charge in [0.1, 0.15) is 5.82 Å². The van der Waals surface area contributed by atoms with Crippen LogP contribution in [0.3, 0.4) is 0 Å². The van der Waals surface area contributed by atoms with E-state index in [1.165, 1.54) is 32.1 Å². The molecule has 2 saturated carbocycles. The van der Waals surface area contributed by atoms with Crippen LogP contribution in [-0.4, -0.2) is 52.6 Å². The SMILES string of the molecule is CCn1ccnc1CN(C(=O)[C@@H]1CC12CCNCC2)[C@@H]1CC12CCNCC2. The van der Waals surface area contributed by atoms with Crippen LogP contribution >= 0.6 is 0 Å². The average molecular weight is 372 g/mol. The quantitative estimate of drug-likeness (QED) is 0.828. The van der Waals surface area contributed by atoms with E-state index in [0.29, 0.717) is 29.3 Å². The summed E-state index contributed by atoms with van der Waals surface area (Å²) in [5.41, 5.74) is 0.678. The maximum Gasteiger partial charge on any atom is 0.226 e. The third-order valence-corrected chi connectivity index (χ3v) is 7.95. The van der Waals surface area contributed by atoms with Crippen molar-refractivity contribution in [2.24, 2.45) is 16.7 Å². The van der Waals surface area contributed by atoms with E-state index in [4.69, 9.17) is 0 Å². The van der Waals surface area contributed by atoms with Gasteiger partial charge < -0.3 is 20.1 Å². The van der Waals surface area contributed by atoms with E-state index >= 15 is 0 Å². The monoisotopic (exact) mass is 371 g/mol. The van der Waals surface area contributed by atoms with Crippen molar-refractivity contribution in [1.29, 1.82) is 0 Å². The summed E-state index contributed by atoms with van der Waals surface area (Å²) in [5.74, 6) is 1.72. The molecule has 2 spiro atoms. The fourth-order valence-electron chi connectivity index (χ4n) is 5.88. The predicted octanol–water partition coefficient (Wildman–Crippen LogP) is 1.76. The first-order valence-corrected chi connectivity index (χ1v) is 10.9. The van der Waals surface area contributed by atoms with Crippen LogP contribution in [0, 0.1) is 16.7 Å². The van der Waals surface area contributed by atoms with Crippen LogP contribution in [0.1, 0.15) is 51.3 Å². The summed E-state index contributed by atoms with van der Waals surface area (Å²) >= 11 is 0. The number of piperidine rings is 2. The Bertz CT molecular complexity index is 701. The Morgan fingerprint density at radius 2 is 1.81 bits per heavy atom.